The van der Waals surface area contributed by atoms with Crippen molar-refractivity contribution >= 4 is 5.91 Å². The van der Waals surface area contributed by atoms with E-state index in [-0.39, 0.29) is 5.56 Å². The van der Waals surface area contributed by atoms with Crippen molar-refractivity contribution in [3.63, 3.8) is 0 Å². The zero-order valence-electron chi connectivity index (χ0n) is 17.6. The summed E-state index contributed by atoms with van der Waals surface area (Å²) in [6.07, 6.45) is -0.136. The van der Waals surface area contributed by atoms with Crippen LogP contribution in [0.15, 0.2) is 67.0 Å². The normalized spacial score (nSPS) is 15.5. The van der Waals surface area contributed by atoms with E-state index >= 15 is 0 Å². The highest BCUT2D eigenvalue weighted by Gasteiger charge is 2.36. The molecular formula is C24H25F3N4O. The molecule has 0 unspecified atom stereocenters. The molecule has 3 aromatic rings. The SMILES string of the molecule is O=C(c1ccccc1C(F)(F)F)N1CCCN(Cc2nccn2Cc2ccccc2)CC1. The van der Waals surface area contributed by atoms with Crippen molar-refractivity contribution in [1.29, 1.82) is 0 Å². The highest BCUT2D eigenvalue weighted by Crippen LogP contribution is 2.32. The molecule has 8 heteroatoms. The van der Waals surface area contributed by atoms with Crippen LogP contribution in [0, 0.1) is 0 Å². The molecule has 1 aromatic heterocycles. The molecule has 1 fully saturated rings. The second-order valence-corrected chi connectivity index (χ2v) is 7.92. The van der Waals surface area contributed by atoms with Gasteiger partial charge in [-0.1, -0.05) is 42.5 Å². The molecule has 4 rings (SSSR count). The monoisotopic (exact) mass is 442 g/mol. The first-order valence-electron chi connectivity index (χ1n) is 10.6. The largest absolute Gasteiger partial charge is 0.417 e. The summed E-state index contributed by atoms with van der Waals surface area (Å²) in [5, 5.41) is 0. The molecule has 0 saturated carbocycles. The Kier molecular flexibility index (Phi) is 6.60. The number of hydrogen-bond acceptors (Lipinski definition) is 3. The number of imidazole rings is 1. The molecule has 2 heterocycles. The Morgan fingerprint density at radius 3 is 2.44 bits per heavy atom. The number of nitrogens with zero attached hydrogens (tertiary/aromatic N) is 4. The van der Waals surface area contributed by atoms with Gasteiger partial charge in [0.1, 0.15) is 5.82 Å². The summed E-state index contributed by atoms with van der Waals surface area (Å²) in [5.41, 5.74) is 0.0172. The van der Waals surface area contributed by atoms with Crippen molar-refractivity contribution in [2.75, 3.05) is 26.2 Å². The lowest BCUT2D eigenvalue weighted by Crippen LogP contribution is -2.36. The third kappa shape index (κ3) is 5.19. The lowest BCUT2D eigenvalue weighted by molar-refractivity contribution is -0.138. The van der Waals surface area contributed by atoms with E-state index in [1.54, 1.807) is 6.20 Å². The lowest BCUT2D eigenvalue weighted by atomic mass is 10.1. The van der Waals surface area contributed by atoms with Gasteiger partial charge in [-0.15, -0.1) is 0 Å². The summed E-state index contributed by atoms with van der Waals surface area (Å²) in [4.78, 5) is 21.1. The summed E-state index contributed by atoms with van der Waals surface area (Å²) >= 11 is 0. The fourth-order valence-corrected chi connectivity index (χ4v) is 4.04. The molecule has 168 valence electrons. The van der Waals surface area contributed by atoms with Crippen LogP contribution in [0.1, 0.15) is 33.7 Å². The van der Waals surface area contributed by atoms with Gasteiger partial charge in [0.2, 0.25) is 0 Å². The minimum Gasteiger partial charge on any atom is -0.337 e. The molecule has 0 bridgehead atoms. The van der Waals surface area contributed by atoms with Crippen LogP contribution in [0.3, 0.4) is 0 Å². The topological polar surface area (TPSA) is 41.4 Å². The van der Waals surface area contributed by atoms with Gasteiger partial charge in [-0.05, 0) is 24.1 Å². The highest BCUT2D eigenvalue weighted by molar-refractivity contribution is 5.96. The number of carbonyl (C=O) groups is 1. The molecule has 1 saturated heterocycles. The maximum atomic E-state index is 13.3. The summed E-state index contributed by atoms with van der Waals surface area (Å²) in [6, 6.07) is 15.1. The summed E-state index contributed by atoms with van der Waals surface area (Å²) < 4.78 is 42.1. The molecule has 1 aliphatic rings. The Labute approximate surface area is 185 Å². The van der Waals surface area contributed by atoms with Crippen LogP contribution in [0.25, 0.3) is 0 Å². The fraction of sp³-hybridized carbons (Fsp3) is 0.333. The Morgan fingerprint density at radius 2 is 1.66 bits per heavy atom. The number of hydrogen-bond donors (Lipinski definition) is 0. The number of alkyl halides is 3. The molecule has 1 aliphatic heterocycles. The van der Waals surface area contributed by atoms with Gasteiger partial charge in [0, 0.05) is 45.1 Å². The predicted molar refractivity (Wildman–Crippen MR) is 115 cm³/mol. The predicted octanol–water partition coefficient (Wildman–Crippen LogP) is 4.30. The van der Waals surface area contributed by atoms with Crippen molar-refractivity contribution in [3.05, 3.63) is 89.5 Å². The van der Waals surface area contributed by atoms with Crippen molar-refractivity contribution in [2.45, 2.75) is 25.7 Å². The number of amides is 1. The molecular weight excluding hydrogens is 417 g/mol. The van der Waals surface area contributed by atoms with Crippen molar-refractivity contribution < 1.29 is 18.0 Å². The summed E-state index contributed by atoms with van der Waals surface area (Å²) in [7, 11) is 0. The Bertz CT molecular complexity index is 1050. The maximum Gasteiger partial charge on any atom is 0.417 e. The Hall–Kier alpha value is -3.13. The van der Waals surface area contributed by atoms with Gasteiger partial charge in [0.25, 0.3) is 5.91 Å². The second-order valence-electron chi connectivity index (χ2n) is 7.92. The lowest BCUT2D eigenvalue weighted by Gasteiger charge is -2.23. The molecule has 32 heavy (non-hydrogen) atoms. The van der Waals surface area contributed by atoms with E-state index in [9.17, 15) is 18.0 Å². The van der Waals surface area contributed by atoms with E-state index in [0.29, 0.717) is 32.6 Å². The van der Waals surface area contributed by atoms with Crippen LogP contribution in [0.2, 0.25) is 0 Å². The van der Waals surface area contributed by atoms with Crippen LogP contribution in [-0.2, 0) is 19.3 Å². The van der Waals surface area contributed by atoms with Crippen LogP contribution >= 0.6 is 0 Å². The van der Waals surface area contributed by atoms with Gasteiger partial charge < -0.3 is 9.47 Å². The van der Waals surface area contributed by atoms with E-state index in [0.717, 1.165) is 25.0 Å². The quantitative estimate of drug-likeness (QED) is 0.592. The van der Waals surface area contributed by atoms with Gasteiger partial charge in [0.05, 0.1) is 17.7 Å². The van der Waals surface area contributed by atoms with Gasteiger partial charge in [0.15, 0.2) is 0 Å². The van der Waals surface area contributed by atoms with E-state index in [1.165, 1.54) is 28.7 Å². The number of carbonyl (C=O) groups excluding carboxylic acids is 1. The third-order valence-corrected chi connectivity index (χ3v) is 5.70. The molecule has 0 aliphatic carbocycles. The number of aromatic nitrogens is 2. The average Bonchev–Trinajstić information content (AvgIpc) is 3.07. The van der Waals surface area contributed by atoms with Crippen molar-refractivity contribution in [1.82, 2.24) is 19.4 Å². The van der Waals surface area contributed by atoms with E-state index in [1.807, 2.05) is 24.4 Å². The summed E-state index contributed by atoms with van der Waals surface area (Å²) in [5.74, 6) is 0.362. The molecule has 0 atom stereocenters. The van der Waals surface area contributed by atoms with Crippen LogP contribution in [0.5, 0.6) is 0 Å². The molecule has 0 radical (unpaired) electrons. The first kappa shape index (κ1) is 22.1. The number of halogens is 3. The molecule has 1 amide bonds. The summed E-state index contributed by atoms with van der Waals surface area (Å²) in [6.45, 7) is 3.50. The molecule has 2 aromatic carbocycles. The molecule has 0 N–H and O–H groups in total. The van der Waals surface area contributed by atoms with Crippen LogP contribution in [-0.4, -0.2) is 51.4 Å². The third-order valence-electron chi connectivity index (χ3n) is 5.70. The number of benzene rings is 2. The highest BCUT2D eigenvalue weighted by atomic mass is 19.4. The average molecular weight is 442 g/mol. The maximum absolute atomic E-state index is 13.3. The van der Waals surface area contributed by atoms with Gasteiger partial charge >= 0.3 is 6.18 Å². The second kappa shape index (κ2) is 9.56. The van der Waals surface area contributed by atoms with Crippen LogP contribution < -0.4 is 0 Å². The van der Waals surface area contributed by atoms with Gasteiger partial charge in [-0.3, -0.25) is 9.69 Å². The van der Waals surface area contributed by atoms with E-state index in [4.69, 9.17) is 0 Å². The molecule has 0 spiro atoms. The van der Waals surface area contributed by atoms with E-state index < -0.39 is 17.6 Å². The Morgan fingerprint density at radius 1 is 0.906 bits per heavy atom. The molecule has 5 nitrogen and oxygen atoms in total. The zero-order chi connectivity index (χ0) is 22.6. The minimum absolute atomic E-state index is 0.285. The van der Waals surface area contributed by atoms with Gasteiger partial charge in [-0.2, -0.15) is 13.2 Å². The van der Waals surface area contributed by atoms with Crippen LogP contribution in [0.4, 0.5) is 13.2 Å². The fourth-order valence-electron chi connectivity index (χ4n) is 4.04. The Balaban J connectivity index is 1.41. The number of rotatable bonds is 5. The van der Waals surface area contributed by atoms with E-state index in [2.05, 4.69) is 26.6 Å². The van der Waals surface area contributed by atoms with Gasteiger partial charge in [-0.25, -0.2) is 4.98 Å². The minimum atomic E-state index is -4.56. The standard InChI is InChI=1S/C24H25F3N4O/c25-24(26,27)21-10-5-4-9-20(21)23(32)30-13-6-12-29(15-16-30)18-22-28-11-14-31(22)17-19-7-2-1-3-8-19/h1-5,7-11,14H,6,12-13,15-18H2. The smallest absolute Gasteiger partial charge is 0.337 e. The first-order valence-corrected chi connectivity index (χ1v) is 10.6. The van der Waals surface area contributed by atoms with Crippen molar-refractivity contribution in [3.8, 4) is 0 Å². The first-order chi connectivity index (χ1) is 15.4. The van der Waals surface area contributed by atoms with Crippen molar-refractivity contribution in [2.24, 2.45) is 0 Å². The zero-order valence-corrected chi connectivity index (χ0v) is 17.6.